The molecule has 1 aromatic carbocycles. The van der Waals surface area contributed by atoms with Gasteiger partial charge in [0.1, 0.15) is 4.90 Å². The maximum atomic E-state index is 12.8. The minimum atomic E-state index is -3.74. The first kappa shape index (κ1) is 18.2. The number of hydrogen-bond acceptors (Lipinski definition) is 5. The fourth-order valence-corrected chi connectivity index (χ4v) is 7.22. The highest BCUT2D eigenvalue weighted by molar-refractivity contribution is 7.90. The van der Waals surface area contributed by atoms with Crippen molar-refractivity contribution in [2.75, 3.05) is 18.4 Å². The number of nitrogens with zero attached hydrogens (tertiary/aromatic N) is 1. The van der Waals surface area contributed by atoms with E-state index in [-0.39, 0.29) is 21.9 Å². The van der Waals surface area contributed by atoms with Gasteiger partial charge in [-0.15, -0.1) is 0 Å². The number of nitrogens with one attached hydrogen (secondary N) is 2. The smallest absolute Gasteiger partial charge is 0.244 e. The number of benzene rings is 1. The summed E-state index contributed by atoms with van der Waals surface area (Å²) >= 11 is 0. The Balaban J connectivity index is 1.66. The largest absolute Gasteiger partial charge is 0.368 e. The summed E-state index contributed by atoms with van der Waals surface area (Å²) in [7, 11) is -7.39. The van der Waals surface area contributed by atoms with Gasteiger partial charge in [0.15, 0.2) is 0 Å². The zero-order valence-electron chi connectivity index (χ0n) is 14.6. The molecule has 0 bridgehead atoms. The zero-order valence-corrected chi connectivity index (χ0v) is 16.3. The topological polar surface area (TPSA) is 95.6 Å². The Bertz CT molecular complexity index is 887. The number of fused-ring (bicyclic) bond motifs is 1. The Morgan fingerprint density at radius 1 is 1.00 bits per heavy atom. The fourth-order valence-electron chi connectivity index (χ4n) is 4.19. The molecule has 2 heterocycles. The van der Waals surface area contributed by atoms with E-state index in [2.05, 4.69) is 10.0 Å². The van der Waals surface area contributed by atoms with Crippen molar-refractivity contribution in [2.45, 2.75) is 60.9 Å². The summed E-state index contributed by atoms with van der Waals surface area (Å²) in [6.45, 7) is 0.985. The summed E-state index contributed by atoms with van der Waals surface area (Å²) in [6.07, 6.45) is 6.78. The second kappa shape index (κ2) is 6.78. The number of sulfonamides is 2. The molecule has 144 valence electrons. The van der Waals surface area contributed by atoms with Gasteiger partial charge in [0.2, 0.25) is 20.0 Å². The lowest BCUT2D eigenvalue weighted by molar-refractivity contribution is 0.306. The summed E-state index contributed by atoms with van der Waals surface area (Å²) in [4.78, 5) is 0.0614. The second-order valence-electron chi connectivity index (χ2n) is 7.41. The molecular weight excluding hydrogens is 374 g/mol. The number of anilines is 1. The Morgan fingerprint density at radius 2 is 1.69 bits per heavy atom. The van der Waals surface area contributed by atoms with Crippen molar-refractivity contribution in [3.63, 3.8) is 0 Å². The summed E-state index contributed by atoms with van der Waals surface area (Å²) in [5, 5.41) is 3.27. The highest BCUT2D eigenvalue weighted by Crippen LogP contribution is 2.35. The summed E-state index contributed by atoms with van der Waals surface area (Å²) < 4.78 is 55.1. The van der Waals surface area contributed by atoms with Crippen molar-refractivity contribution >= 4 is 25.7 Å². The van der Waals surface area contributed by atoms with Crippen molar-refractivity contribution in [2.24, 2.45) is 5.92 Å². The van der Waals surface area contributed by atoms with E-state index in [9.17, 15) is 16.8 Å². The summed E-state index contributed by atoms with van der Waals surface area (Å²) in [6, 6.07) is 4.39. The van der Waals surface area contributed by atoms with Gasteiger partial charge in [-0.3, -0.25) is 0 Å². The summed E-state index contributed by atoms with van der Waals surface area (Å²) in [5.41, 5.74) is 0.486. The van der Waals surface area contributed by atoms with E-state index in [1.165, 1.54) is 22.9 Å². The molecule has 0 amide bonds. The average molecular weight is 400 g/mol. The van der Waals surface area contributed by atoms with Crippen LogP contribution in [0.3, 0.4) is 0 Å². The third kappa shape index (κ3) is 3.26. The van der Waals surface area contributed by atoms with Crippen LogP contribution in [-0.4, -0.2) is 40.4 Å². The predicted octanol–water partition coefficient (Wildman–Crippen LogP) is 2.08. The average Bonchev–Trinajstić information content (AvgIpc) is 3.17. The van der Waals surface area contributed by atoms with Crippen LogP contribution in [0.5, 0.6) is 0 Å². The first-order valence-corrected chi connectivity index (χ1v) is 12.2. The molecule has 2 N–H and O–H groups in total. The summed E-state index contributed by atoms with van der Waals surface area (Å²) in [5.74, 6) is 0.264. The molecule has 26 heavy (non-hydrogen) atoms. The second-order valence-corrected chi connectivity index (χ2v) is 11.0. The van der Waals surface area contributed by atoms with Gasteiger partial charge in [0.25, 0.3) is 0 Å². The van der Waals surface area contributed by atoms with Crippen LogP contribution in [0.4, 0.5) is 5.69 Å². The van der Waals surface area contributed by atoms with Gasteiger partial charge < -0.3 is 5.32 Å². The number of rotatable bonds is 3. The van der Waals surface area contributed by atoms with Crippen LogP contribution in [0.15, 0.2) is 28.0 Å². The zero-order chi connectivity index (χ0) is 18.4. The molecule has 0 radical (unpaired) electrons. The van der Waals surface area contributed by atoms with Gasteiger partial charge >= 0.3 is 0 Å². The van der Waals surface area contributed by atoms with Gasteiger partial charge in [-0.25, -0.2) is 16.8 Å². The third-order valence-electron chi connectivity index (χ3n) is 5.66. The normalized spacial score (nSPS) is 27.0. The molecular formula is C17H25N3O4S2. The Morgan fingerprint density at radius 3 is 2.38 bits per heavy atom. The van der Waals surface area contributed by atoms with Crippen LogP contribution in [-0.2, 0) is 20.0 Å². The molecule has 2 fully saturated rings. The quantitative estimate of drug-likeness (QED) is 0.811. The van der Waals surface area contributed by atoms with Gasteiger partial charge in [-0.2, -0.15) is 9.03 Å². The van der Waals surface area contributed by atoms with Crippen LogP contribution in [0.25, 0.3) is 0 Å². The van der Waals surface area contributed by atoms with Crippen molar-refractivity contribution in [1.29, 1.82) is 0 Å². The van der Waals surface area contributed by atoms with Crippen LogP contribution in [0.1, 0.15) is 44.9 Å². The molecule has 9 heteroatoms. The molecule has 1 saturated heterocycles. The van der Waals surface area contributed by atoms with Crippen LogP contribution in [0, 0.1) is 5.92 Å². The Labute approximate surface area is 155 Å². The van der Waals surface area contributed by atoms with E-state index in [1.807, 2.05) is 0 Å². The lowest BCUT2D eigenvalue weighted by atomic mass is 9.87. The molecule has 0 spiro atoms. The van der Waals surface area contributed by atoms with E-state index < -0.39 is 20.0 Å². The van der Waals surface area contributed by atoms with Crippen molar-refractivity contribution in [1.82, 2.24) is 9.03 Å². The van der Waals surface area contributed by atoms with E-state index in [0.717, 1.165) is 38.5 Å². The van der Waals surface area contributed by atoms with Gasteiger partial charge in [-0.1, -0.05) is 19.3 Å². The Hall–Kier alpha value is -1.16. The highest BCUT2D eigenvalue weighted by Gasteiger charge is 2.36. The van der Waals surface area contributed by atoms with E-state index >= 15 is 0 Å². The van der Waals surface area contributed by atoms with Crippen molar-refractivity contribution < 1.29 is 16.8 Å². The van der Waals surface area contributed by atoms with Gasteiger partial charge in [0.05, 0.1) is 16.7 Å². The maximum Gasteiger partial charge on any atom is 0.244 e. The first-order chi connectivity index (χ1) is 12.4. The van der Waals surface area contributed by atoms with E-state index in [1.54, 1.807) is 6.07 Å². The monoisotopic (exact) mass is 399 g/mol. The molecule has 7 nitrogen and oxygen atoms in total. The number of hydrogen-bond donors (Lipinski definition) is 2. The van der Waals surface area contributed by atoms with Crippen LogP contribution >= 0.6 is 0 Å². The molecule has 1 aliphatic carbocycles. The standard InChI is InChI=1S/C17H25N3O4S2/c21-25(22)16-12-14(26(23,24)20-10-4-5-11-20)8-9-15(16)18-17(19-25)13-6-2-1-3-7-13/h8-9,12-13,17-19H,1-7,10-11H2. The van der Waals surface area contributed by atoms with Crippen molar-refractivity contribution in [3.05, 3.63) is 18.2 Å². The molecule has 3 aliphatic rings. The van der Waals surface area contributed by atoms with Crippen LogP contribution in [0.2, 0.25) is 0 Å². The molecule has 1 atom stereocenters. The Kier molecular flexibility index (Phi) is 4.75. The first-order valence-electron chi connectivity index (χ1n) is 9.31. The molecule has 4 rings (SSSR count). The fraction of sp³-hybridized carbons (Fsp3) is 0.647. The van der Waals surface area contributed by atoms with Crippen LogP contribution < -0.4 is 10.0 Å². The van der Waals surface area contributed by atoms with Gasteiger partial charge in [-0.05, 0) is 49.8 Å². The minimum Gasteiger partial charge on any atom is -0.368 e. The van der Waals surface area contributed by atoms with E-state index in [0.29, 0.717) is 18.8 Å². The van der Waals surface area contributed by atoms with Gasteiger partial charge in [0, 0.05) is 13.1 Å². The predicted molar refractivity (Wildman–Crippen MR) is 98.7 cm³/mol. The lowest BCUT2D eigenvalue weighted by Crippen LogP contribution is -2.49. The third-order valence-corrected chi connectivity index (χ3v) is 9.04. The molecule has 0 aromatic heterocycles. The molecule has 1 saturated carbocycles. The highest BCUT2D eigenvalue weighted by atomic mass is 32.2. The van der Waals surface area contributed by atoms with E-state index in [4.69, 9.17) is 0 Å². The lowest BCUT2D eigenvalue weighted by Gasteiger charge is -2.35. The minimum absolute atomic E-state index is 0.0184. The molecule has 1 aromatic rings. The maximum absolute atomic E-state index is 12.8. The molecule has 1 unspecified atom stereocenters. The molecule has 2 aliphatic heterocycles. The SMILES string of the molecule is O=S1(=O)NC(C2CCCCC2)Nc2ccc(S(=O)(=O)N3CCCC3)cc21. The van der Waals surface area contributed by atoms with Crippen molar-refractivity contribution in [3.8, 4) is 0 Å².